The fraction of sp³-hybridized carbons (Fsp3) is 1.00. The summed E-state index contributed by atoms with van der Waals surface area (Å²) in [6.45, 7) is 9.02. The Balaban J connectivity index is 2.03. The van der Waals surface area contributed by atoms with Crippen LogP contribution in [-0.4, -0.2) is 54.1 Å². The second-order valence-corrected chi connectivity index (χ2v) is 5.58. The number of hydrogen-bond acceptors (Lipinski definition) is 3. The number of nitrogens with zero attached hydrogens (tertiary/aromatic N) is 2. The Bertz CT molecular complexity index is 221. The number of hydrogen-bond donors (Lipinski definition) is 1. The molecule has 2 rings (SSSR count). The van der Waals surface area contributed by atoms with E-state index in [9.17, 15) is 0 Å². The third kappa shape index (κ3) is 1.58. The summed E-state index contributed by atoms with van der Waals surface area (Å²) in [6.07, 6.45) is 2.62. The first-order chi connectivity index (χ1) is 6.50. The molecule has 3 nitrogen and oxygen atoms in total. The first kappa shape index (κ1) is 10.4. The smallest absolute Gasteiger partial charge is 0.0334 e. The Kier molecular flexibility index (Phi) is 2.37. The van der Waals surface area contributed by atoms with Gasteiger partial charge in [-0.25, -0.2) is 0 Å². The second-order valence-electron chi connectivity index (χ2n) is 5.58. The Hall–Kier alpha value is -0.120. The topological polar surface area (TPSA) is 32.5 Å². The quantitative estimate of drug-likeness (QED) is 0.700. The van der Waals surface area contributed by atoms with Crippen molar-refractivity contribution in [1.82, 2.24) is 9.80 Å². The van der Waals surface area contributed by atoms with Gasteiger partial charge in [-0.3, -0.25) is 9.80 Å². The lowest BCUT2D eigenvalue weighted by Crippen LogP contribution is -2.61. The molecule has 2 aliphatic rings. The van der Waals surface area contributed by atoms with E-state index in [0.717, 1.165) is 6.54 Å². The number of rotatable bonds is 2. The minimum absolute atomic E-state index is 0.309. The van der Waals surface area contributed by atoms with Crippen LogP contribution in [0.4, 0.5) is 0 Å². The van der Waals surface area contributed by atoms with Gasteiger partial charge in [0.15, 0.2) is 0 Å². The molecule has 1 heterocycles. The van der Waals surface area contributed by atoms with Crippen LogP contribution >= 0.6 is 0 Å². The molecule has 1 saturated heterocycles. The zero-order chi connectivity index (χ0) is 10.4. The van der Waals surface area contributed by atoms with E-state index in [4.69, 9.17) is 5.73 Å². The highest BCUT2D eigenvalue weighted by Crippen LogP contribution is 2.42. The van der Waals surface area contributed by atoms with Crippen molar-refractivity contribution >= 4 is 0 Å². The SMILES string of the molecule is CN1CCN(C2(CN)CC2)CC1(C)C. The van der Waals surface area contributed by atoms with Gasteiger partial charge in [0, 0.05) is 37.3 Å². The molecule has 82 valence electrons. The lowest BCUT2D eigenvalue weighted by molar-refractivity contribution is 0.0112. The van der Waals surface area contributed by atoms with Crippen molar-refractivity contribution in [3.05, 3.63) is 0 Å². The average molecular weight is 197 g/mol. The van der Waals surface area contributed by atoms with Crippen LogP contribution in [0, 0.1) is 0 Å². The van der Waals surface area contributed by atoms with Crippen LogP contribution < -0.4 is 5.73 Å². The molecule has 1 aliphatic heterocycles. The summed E-state index contributed by atoms with van der Waals surface area (Å²) in [6, 6.07) is 0. The van der Waals surface area contributed by atoms with Crippen molar-refractivity contribution < 1.29 is 0 Å². The van der Waals surface area contributed by atoms with Crippen LogP contribution in [0.3, 0.4) is 0 Å². The number of nitrogens with two attached hydrogens (primary N) is 1. The van der Waals surface area contributed by atoms with Gasteiger partial charge in [-0.2, -0.15) is 0 Å². The lowest BCUT2D eigenvalue weighted by atomic mass is 9.97. The average Bonchev–Trinajstić information content (AvgIpc) is 2.90. The summed E-state index contributed by atoms with van der Waals surface area (Å²) < 4.78 is 0. The van der Waals surface area contributed by atoms with Crippen molar-refractivity contribution in [2.45, 2.75) is 37.8 Å². The van der Waals surface area contributed by atoms with Crippen molar-refractivity contribution in [3.8, 4) is 0 Å². The van der Waals surface area contributed by atoms with Crippen LogP contribution in [0.5, 0.6) is 0 Å². The largest absolute Gasteiger partial charge is 0.329 e. The minimum Gasteiger partial charge on any atom is -0.329 e. The summed E-state index contributed by atoms with van der Waals surface area (Å²) in [4.78, 5) is 5.07. The number of piperazine rings is 1. The van der Waals surface area contributed by atoms with Gasteiger partial charge in [-0.15, -0.1) is 0 Å². The molecular weight excluding hydrogens is 174 g/mol. The monoisotopic (exact) mass is 197 g/mol. The van der Waals surface area contributed by atoms with Crippen molar-refractivity contribution in [1.29, 1.82) is 0 Å². The van der Waals surface area contributed by atoms with Gasteiger partial charge in [-0.05, 0) is 33.7 Å². The summed E-state index contributed by atoms with van der Waals surface area (Å²) >= 11 is 0. The summed E-state index contributed by atoms with van der Waals surface area (Å²) in [5, 5.41) is 0. The van der Waals surface area contributed by atoms with E-state index in [1.54, 1.807) is 0 Å². The van der Waals surface area contributed by atoms with E-state index >= 15 is 0 Å². The first-order valence-corrected chi connectivity index (χ1v) is 5.67. The van der Waals surface area contributed by atoms with Gasteiger partial charge < -0.3 is 5.73 Å². The molecule has 2 fully saturated rings. The predicted molar refractivity (Wildman–Crippen MR) is 59.3 cm³/mol. The molecule has 0 bridgehead atoms. The molecule has 2 N–H and O–H groups in total. The molecule has 0 unspecified atom stereocenters. The van der Waals surface area contributed by atoms with Crippen LogP contribution in [0.25, 0.3) is 0 Å². The van der Waals surface area contributed by atoms with E-state index in [2.05, 4.69) is 30.7 Å². The van der Waals surface area contributed by atoms with Crippen LogP contribution in [-0.2, 0) is 0 Å². The highest BCUT2D eigenvalue weighted by Gasteiger charge is 2.49. The highest BCUT2D eigenvalue weighted by atomic mass is 15.3. The van der Waals surface area contributed by atoms with E-state index < -0.39 is 0 Å². The van der Waals surface area contributed by atoms with E-state index in [-0.39, 0.29) is 0 Å². The van der Waals surface area contributed by atoms with Gasteiger partial charge >= 0.3 is 0 Å². The van der Waals surface area contributed by atoms with E-state index in [1.165, 1.54) is 32.5 Å². The molecule has 0 amide bonds. The Morgan fingerprint density at radius 2 is 1.86 bits per heavy atom. The first-order valence-electron chi connectivity index (χ1n) is 5.67. The van der Waals surface area contributed by atoms with Gasteiger partial charge in [0.1, 0.15) is 0 Å². The highest BCUT2D eigenvalue weighted by molar-refractivity contribution is 5.07. The number of likely N-dealkylation sites (N-methyl/N-ethyl adjacent to an activating group) is 1. The molecule has 0 spiro atoms. The van der Waals surface area contributed by atoms with E-state index in [1.807, 2.05) is 0 Å². The van der Waals surface area contributed by atoms with Crippen molar-refractivity contribution in [2.75, 3.05) is 33.2 Å². The standard InChI is InChI=1S/C11H23N3/c1-10(2)9-14(7-6-13(10)3)11(8-12)4-5-11/h4-9,12H2,1-3H3. The van der Waals surface area contributed by atoms with Crippen molar-refractivity contribution in [3.63, 3.8) is 0 Å². The Morgan fingerprint density at radius 1 is 1.21 bits per heavy atom. The van der Waals surface area contributed by atoms with Gasteiger partial charge in [0.05, 0.1) is 0 Å². The third-order valence-corrected chi connectivity index (χ3v) is 4.19. The Labute approximate surface area is 87.2 Å². The summed E-state index contributed by atoms with van der Waals surface area (Å²) in [7, 11) is 2.22. The van der Waals surface area contributed by atoms with Crippen molar-refractivity contribution in [2.24, 2.45) is 5.73 Å². The predicted octanol–water partition coefficient (Wildman–Crippen LogP) is 0.504. The molecule has 0 radical (unpaired) electrons. The maximum atomic E-state index is 5.87. The van der Waals surface area contributed by atoms with Crippen LogP contribution in [0.2, 0.25) is 0 Å². The molecule has 3 heteroatoms. The molecule has 14 heavy (non-hydrogen) atoms. The Morgan fingerprint density at radius 3 is 2.29 bits per heavy atom. The minimum atomic E-state index is 0.309. The zero-order valence-corrected chi connectivity index (χ0v) is 9.71. The maximum Gasteiger partial charge on any atom is 0.0334 e. The van der Waals surface area contributed by atoms with E-state index in [0.29, 0.717) is 11.1 Å². The fourth-order valence-corrected chi connectivity index (χ4v) is 2.44. The zero-order valence-electron chi connectivity index (χ0n) is 9.71. The van der Waals surface area contributed by atoms with Crippen LogP contribution in [0.15, 0.2) is 0 Å². The molecular formula is C11H23N3. The summed E-state index contributed by atoms with van der Waals surface area (Å²) in [5.74, 6) is 0. The van der Waals surface area contributed by atoms with Crippen LogP contribution in [0.1, 0.15) is 26.7 Å². The van der Waals surface area contributed by atoms with Gasteiger partial charge in [0.25, 0.3) is 0 Å². The van der Waals surface area contributed by atoms with Gasteiger partial charge in [-0.1, -0.05) is 0 Å². The molecule has 0 aromatic carbocycles. The molecule has 0 aromatic heterocycles. The molecule has 1 saturated carbocycles. The van der Waals surface area contributed by atoms with Gasteiger partial charge in [0.2, 0.25) is 0 Å². The lowest BCUT2D eigenvalue weighted by Gasteiger charge is -2.48. The maximum absolute atomic E-state index is 5.87. The third-order valence-electron chi connectivity index (χ3n) is 4.19. The molecule has 0 aromatic rings. The molecule has 1 aliphatic carbocycles. The second kappa shape index (κ2) is 3.19. The summed E-state index contributed by atoms with van der Waals surface area (Å²) in [5.41, 5.74) is 6.56. The fourth-order valence-electron chi connectivity index (χ4n) is 2.44. The molecule has 0 atom stereocenters. The normalized spacial score (nSPS) is 31.7.